The Morgan fingerprint density at radius 3 is 1.36 bits per heavy atom. The molecule has 0 saturated carbocycles. The molecule has 3 nitrogen and oxygen atoms in total. The Labute approximate surface area is 86.2 Å². The maximum absolute atomic E-state index is 13.6. The van der Waals surface area contributed by atoms with Gasteiger partial charge in [-0.15, -0.1) is 0 Å². The molecular weight excluding hydrogens is 212 g/mol. The Hall–Kier alpha value is 0.0300. The summed E-state index contributed by atoms with van der Waals surface area (Å²) >= 11 is 5.30. The van der Waals surface area contributed by atoms with Crippen LogP contribution in [0.5, 0.6) is 0 Å². The van der Waals surface area contributed by atoms with E-state index in [0.29, 0.717) is 39.3 Å². The van der Waals surface area contributed by atoms with E-state index in [1.165, 1.54) is 0 Å². The first kappa shape index (κ1) is 9.27. The SMILES string of the molecule is FC(F)(Cl)C12N3CCN1CCN2CC3. The Kier molecular flexibility index (Phi) is 1.71. The third-order valence-corrected chi connectivity index (χ3v) is 3.88. The minimum Gasteiger partial charge on any atom is -0.264 e. The molecule has 0 bridgehead atoms. The third-order valence-electron chi connectivity index (χ3n) is 3.62. The molecule has 0 aliphatic carbocycles. The molecule has 0 aromatic heterocycles. The molecule has 3 aliphatic rings. The van der Waals surface area contributed by atoms with Gasteiger partial charge in [0.05, 0.1) is 0 Å². The van der Waals surface area contributed by atoms with Crippen LogP contribution in [0.25, 0.3) is 0 Å². The van der Waals surface area contributed by atoms with Crippen molar-refractivity contribution in [2.24, 2.45) is 0 Å². The monoisotopic (exact) mass is 223 g/mol. The van der Waals surface area contributed by atoms with Gasteiger partial charge in [-0.1, -0.05) is 0 Å². The van der Waals surface area contributed by atoms with E-state index in [1.54, 1.807) is 0 Å². The average Bonchev–Trinajstić information content (AvgIpc) is 2.69. The van der Waals surface area contributed by atoms with Crippen molar-refractivity contribution in [3.8, 4) is 0 Å². The van der Waals surface area contributed by atoms with Gasteiger partial charge in [0.1, 0.15) is 0 Å². The lowest BCUT2D eigenvalue weighted by Crippen LogP contribution is -2.63. The van der Waals surface area contributed by atoms with Crippen molar-refractivity contribution in [2.45, 2.75) is 11.2 Å². The first-order chi connectivity index (χ1) is 6.57. The maximum Gasteiger partial charge on any atom is 0.366 e. The van der Waals surface area contributed by atoms with Crippen LogP contribution >= 0.6 is 11.6 Å². The van der Waals surface area contributed by atoms with Crippen LogP contribution in [0.4, 0.5) is 8.78 Å². The Balaban J connectivity index is 2.09. The lowest BCUT2D eigenvalue weighted by atomic mass is 10.3. The van der Waals surface area contributed by atoms with E-state index < -0.39 is 11.2 Å². The second-order valence-corrected chi connectivity index (χ2v) is 4.57. The topological polar surface area (TPSA) is 9.72 Å². The van der Waals surface area contributed by atoms with Crippen LogP contribution in [0.15, 0.2) is 0 Å². The highest BCUT2D eigenvalue weighted by Crippen LogP contribution is 2.50. The fraction of sp³-hybridized carbons (Fsp3) is 1.00. The van der Waals surface area contributed by atoms with Crippen LogP contribution in [0.2, 0.25) is 0 Å². The van der Waals surface area contributed by atoms with Crippen LogP contribution in [0.1, 0.15) is 0 Å². The normalized spacial score (nSPS) is 32.8. The molecule has 0 unspecified atom stereocenters. The summed E-state index contributed by atoms with van der Waals surface area (Å²) in [7, 11) is 0. The fourth-order valence-electron chi connectivity index (χ4n) is 3.13. The molecule has 0 amide bonds. The molecule has 0 aromatic carbocycles. The quantitative estimate of drug-likeness (QED) is 0.597. The number of hydrogen-bond donors (Lipinski definition) is 0. The Morgan fingerprint density at radius 1 is 0.857 bits per heavy atom. The van der Waals surface area contributed by atoms with E-state index in [-0.39, 0.29) is 0 Å². The summed E-state index contributed by atoms with van der Waals surface area (Å²) < 4.78 is 27.1. The number of hydrogen-bond acceptors (Lipinski definition) is 3. The van der Waals surface area contributed by atoms with Gasteiger partial charge in [0, 0.05) is 39.3 Å². The molecule has 3 aliphatic heterocycles. The third kappa shape index (κ3) is 0.829. The number of halogens is 3. The summed E-state index contributed by atoms with van der Waals surface area (Å²) in [5.74, 6) is -1.30. The first-order valence-electron chi connectivity index (χ1n) is 4.89. The standard InChI is InChI=1S/C8H12ClF2N3/c9-7(10,11)8-12-1-2-13(8)5-6-14(8)4-3-12/h1-6H2. The Bertz CT molecular complexity index is 225. The molecule has 0 aromatic rings. The zero-order valence-corrected chi connectivity index (χ0v) is 8.47. The van der Waals surface area contributed by atoms with Crippen molar-refractivity contribution in [3.05, 3.63) is 0 Å². The molecule has 0 spiro atoms. The summed E-state index contributed by atoms with van der Waals surface area (Å²) in [6.07, 6.45) is 0. The Morgan fingerprint density at radius 2 is 1.14 bits per heavy atom. The highest BCUT2D eigenvalue weighted by atomic mass is 35.5. The largest absolute Gasteiger partial charge is 0.366 e. The molecule has 0 radical (unpaired) electrons. The van der Waals surface area contributed by atoms with Crippen molar-refractivity contribution in [3.63, 3.8) is 0 Å². The molecule has 3 saturated heterocycles. The van der Waals surface area contributed by atoms with E-state index in [1.807, 2.05) is 14.7 Å². The van der Waals surface area contributed by atoms with Gasteiger partial charge in [-0.05, 0) is 11.6 Å². The van der Waals surface area contributed by atoms with E-state index >= 15 is 0 Å². The summed E-state index contributed by atoms with van der Waals surface area (Å²) in [6, 6.07) is 0. The van der Waals surface area contributed by atoms with Crippen molar-refractivity contribution < 1.29 is 8.78 Å². The summed E-state index contributed by atoms with van der Waals surface area (Å²) in [4.78, 5) is 5.44. The first-order valence-corrected chi connectivity index (χ1v) is 5.26. The van der Waals surface area contributed by atoms with Gasteiger partial charge in [-0.2, -0.15) is 8.78 Å². The van der Waals surface area contributed by atoms with E-state index in [0.717, 1.165) is 0 Å². The van der Waals surface area contributed by atoms with Crippen molar-refractivity contribution in [2.75, 3.05) is 39.3 Å². The van der Waals surface area contributed by atoms with Crippen molar-refractivity contribution >= 4 is 11.6 Å². The minimum atomic E-state index is -3.18. The lowest BCUT2D eigenvalue weighted by Gasteiger charge is -2.40. The number of rotatable bonds is 1. The van der Waals surface area contributed by atoms with Gasteiger partial charge in [0.25, 0.3) is 0 Å². The van der Waals surface area contributed by atoms with Crippen LogP contribution in [0, 0.1) is 0 Å². The van der Waals surface area contributed by atoms with Gasteiger partial charge in [0.2, 0.25) is 5.79 Å². The molecule has 0 atom stereocenters. The molecule has 14 heavy (non-hydrogen) atoms. The number of nitrogens with zero attached hydrogens (tertiary/aromatic N) is 3. The molecule has 0 N–H and O–H groups in total. The van der Waals surface area contributed by atoms with Crippen LogP contribution < -0.4 is 0 Å². The van der Waals surface area contributed by atoms with Crippen LogP contribution in [-0.2, 0) is 0 Å². The van der Waals surface area contributed by atoms with Gasteiger partial charge in [0.15, 0.2) is 0 Å². The van der Waals surface area contributed by atoms with Gasteiger partial charge >= 0.3 is 5.38 Å². The zero-order chi connectivity index (χ0) is 9.97. The molecular formula is C8H12ClF2N3. The molecule has 80 valence electrons. The molecule has 3 rings (SSSR count). The zero-order valence-electron chi connectivity index (χ0n) is 7.72. The van der Waals surface area contributed by atoms with Crippen molar-refractivity contribution in [1.29, 1.82) is 0 Å². The highest BCUT2D eigenvalue weighted by Gasteiger charge is 2.70. The number of alkyl halides is 3. The van der Waals surface area contributed by atoms with Gasteiger partial charge < -0.3 is 0 Å². The predicted molar refractivity (Wildman–Crippen MR) is 48.3 cm³/mol. The summed E-state index contributed by atoms with van der Waals surface area (Å²) in [5.41, 5.74) is 0. The fourth-order valence-corrected chi connectivity index (χ4v) is 3.49. The lowest BCUT2D eigenvalue weighted by molar-refractivity contribution is -0.158. The second kappa shape index (κ2) is 2.58. The van der Waals surface area contributed by atoms with Gasteiger partial charge in [-0.3, -0.25) is 14.7 Å². The van der Waals surface area contributed by atoms with E-state index in [4.69, 9.17) is 11.6 Å². The summed E-state index contributed by atoms with van der Waals surface area (Å²) in [6.45, 7) is 4.24. The predicted octanol–water partition coefficient (Wildman–Crippen LogP) is 0.419. The van der Waals surface area contributed by atoms with Crippen LogP contribution in [-0.4, -0.2) is 65.1 Å². The molecule has 3 heterocycles. The highest BCUT2D eigenvalue weighted by molar-refractivity contribution is 6.22. The molecule has 3 fully saturated rings. The van der Waals surface area contributed by atoms with Crippen LogP contribution in [0.3, 0.4) is 0 Å². The van der Waals surface area contributed by atoms with Crippen molar-refractivity contribution in [1.82, 2.24) is 14.7 Å². The molecule has 6 heteroatoms. The summed E-state index contributed by atoms with van der Waals surface area (Å²) in [5, 5.41) is -3.18. The van der Waals surface area contributed by atoms with E-state index in [2.05, 4.69) is 0 Å². The maximum atomic E-state index is 13.6. The smallest absolute Gasteiger partial charge is 0.264 e. The van der Waals surface area contributed by atoms with Gasteiger partial charge in [-0.25, -0.2) is 0 Å². The van der Waals surface area contributed by atoms with E-state index in [9.17, 15) is 8.78 Å². The minimum absolute atomic E-state index is 0.707. The second-order valence-electron chi connectivity index (χ2n) is 4.09. The average molecular weight is 224 g/mol.